The summed E-state index contributed by atoms with van der Waals surface area (Å²) in [4.78, 5) is 0. The molecule has 2 N–H and O–H groups in total. The van der Waals surface area contributed by atoms with Crippen LogP contribution in [-0.2, 0) is 6.54 Å². The van der Waals surface area contributed by atoms with E-state index in [1.54, 1.807) is 11.0 Å². The van der Waals surface area contributed by atoms with Crippen molar-refractivity contribution in [3.05, 3.63) is 6.33 Å². The fourth-order valence-corrected chi connectivity index (χ4v) is 1.05. The molecule has 0 fully saturated rings. The first-order valence-electron chi connectivity index (χ1n) is 4.20. The van der Waals surface area contributed by atoms with Crippen molar-refractivity contribution in [3.8, 4) is 0 Å². The molecule has 1 aromatic rings. The van der Waals surface area contributed by atoms with E-state index in [-0.39, 0.29) is 5.54 Å². The van der Waals surface area contributed by atoms with Gasteiger partial charge in [0.05, 0.1) is 6.54 Å². The summed E-state index contributed by atoms with van der Waals surface area (Å²) in [7, 11) is 0. The maximum absolute atomic E-state index is 6.07. The highest BCUT2D eigenvalue weighted by Crippen LogP contribution is 2.12. The second-order valence-electron chi connectivity index (χ2n) is 3.08. The molecule has 0 atom stereocenters. The molecule has 0 spiro atoms. The normalized spacial score (nSPS) is 11.9. The van der Waals surface area contributed by atoms with Crippen LogP contribution in [0.3, 0.4) is 0 Å². The van der Waals surface area contributed by atoms with Gasteiger partial charge in [-0.15, -0.1) is 5.10 Å². The molecule has 5 nitrogen and oxygen atoms in total. The lowest BCUT2D eigenvalue weighted by atomic mass is 9.94. The summed E-state index contributed by atoms with van der Waals surface area (Å²) in [5, 5.41) is 10.9. The Balaban J connectivity index is 2.60. The molecule has 5 heteroatoms. The van der Waals surface area contributed by atoms with E-state index in [1.165, 1.54) is 0 Å². The van der Waals surface area contributed by atoms with E-state index in [0.29, 0.717) is 6.54 Å². The number of rotatable bonds is 4. The third-order valence-electron chi connectivity index (χ3n) is 2.28. The lowest BCUT2D eigenvalue weighted by Gasteiger charge is -2.25. The van der Waals surface area contributed by atoms with Gasteiger partial charge in [-0.1, -0.05) is 13.8 Å². The van der Waals surface area contributed by atoms with Gasteiger partial charge in [0.1, 0.15) is 6.33 Å². The van der Waals surface area contributed by atoms with Gasteiger partial charge in [0.2, 0.25) is 0 Å². The predicted molar refractivity (Wildman–Crippen MR) is 45.3 cm³/mol. The molecule has 0 aliphatic carbocycles. The van der Waals surface area contributed by atoms with E-state index in [4.69, 9.17) is 5.73 Å². The van der Waals surface area contributed by atoms with E-state index in [1.807, 2.05) is 0 Å². The van der Waals surface area contributed by atoms with Crippen LogP contribution >= 0.6 is 0 Å². The number of aromatic nitrogens is 4. The van der Waals surface area contributed by atoms with E-state index < -0.39 is 0 Å². The number of tetrazole rings is 1. The van der Waals surface area contributed by atoms with Crippen molar-refractivity contribution < 1.29 is 0 Å². The second-order valence-corrected chi connectivity index (χ2v) is 3.08. The second kappa shape index (κ2) is 3.62. The van der Waals surface area contributed by atoms with Crippen molar-refractivity contribution in [1.29, 1.82) is 0 Å². The summed E-state index contributed by atoms with van der Waals surface area (Å²) in [6.07, 6.45) is 3.46. The average molecular weight is 169 g/mol. The highest BCUT2D eigenvalue weighted by atomic mass is 15.5. The SMILES string of the molecule is CCC(N)(CC)Cn1cnnn1. The molecule has 1 heterocycles. The third-order valence-corrected chi connectivity index (χ3v) is 2.28. The van der Waals surface area contributed by atoms with Gasteiger partial charge in [0.15, 0.2) is 0 Å². The van der Waals surface area contributed by atoms with Crippen LogP contribution in [0.1, 0.15) is 26.7 Å². The zero-order valence-electron chi connectivity index (χ0n) is 7.56. The smallest absolute Gasteiger partial charge is 0.138 e. The van der Waals surface area contributed by atoms with Gasteiger partial charge in [-0.2, -0.15) is 0 Å². The molecule has 1 rings (SSSR count). The lowest BCUT2D eigenvalue weighted by molar-refractivity contribution is 0.320. The largest absolute Gasteiger partial charge is 0.324 e. The van der Waals surface area contributed by atoms with Crippen molar-refractivity contribution in [2.24, 2.45) is 5.73 Å². The highest BCUT2D eigenvalue weighted by molar-refractivity contribution is 4.80. The summed E-state index contributed by atoms with van der Waals surface area (Å²) in [6.45, 7) is 4.84. The maximum Gasteiger partial charge on any atom is 0.138 e. The first-order valence-corrected chi connectivity index (χ1v) is 4.20. The van der Waals surface area contributed by atoms with E-state index in [9.17, 15) is 0 Å². The summed E-state index contributed by atoms with van der Waals surface area (Å²) >= 11 is 0. The Morgan fingerprint density at radius 2 is 2.08 bits per heavy atom. The number of nitrogens with zero attached hydrogens (tertiary/aromatic N) is 4. The van der Waals surface area contributed by atoms with Crippen molar-refractivity contribution in [1.82, 2.24) is 20.2 Å². The van der Waals surface area contributed by atoms with Crippen LogP contribution in [-0.4, -0.2) is 25.7 Å². The zero-order chi connectivity index (χ0) is 9.03. The molecule has 68 valence electrons. The monoisotopic (exact) mass is 169 g/mol. The van der Waals surface area contributed by atoms with Crippen molar-refractivity contribution in [3.63, 3.8) is 0 Å². The summed E-state index contributed by atoms with van der Waals surface area (Å²) in [6, 6.07) is 0. The van der Waals surface area contributed by atoms with Crippen molar-refractivity contribution >= 4 is 0 Å². The zero-order valence-corrected chi connectivity index (χ0v) is 7.56. The minimum absolute atomic E-state index is 0.171. The van der Waals surface area contributed by atoms with E-state index >= 15 is 0 Å². The van der Waals surface area contributed by atoms with E-state index in [2.05, 4.69) is 29.4 Å². The maximum atomic E-state index is 6.07. The molecule has 0 radical (unpaired) electrons. The van der Waals surface area contributed by atoms with Gasteiger partial charge in [0, 0.05) is 5.54 Å². The molecular formula is C7H15N5. The molecule has 0 saturated carbocycles. The number of nitrogens with two attached hydrogens (primary N) is 1. The van der Waals surface area contributed by atoms with Crippen molar-refractivity contribution in [2.45, 2.75) is 38.8 Å². The third kappa shape index (κ3) is 2.01. The molecule has 1 aromatic heterocycles. The van der Waals surface area contributed by atoms with Gasteiger partial charge >= 0.3 is 0 Å². The Labute approximate surface area is 71.9 Å². The van der Waals surface area contributed by atoms with Gasteiger partial charge < -0.3 is 5.73 Å². The minimum atomic E-state index is -0.171. The molecule has 0 aliphatic heterocycles. The Bertz CT molecular complexity index is 214. The Hall–Kier alpha value is -0.970. The predicted octanol–water partition coefficient (Wildman–Crippen LogP) is 0.191. The van der Waals surface area contributed by atoms with Crippen molar-refractivity contribution in [2.75, 3.05) is 0 Å². The first-order chi connectivity index (χ1) is 5.70. The molecule has 0 aromatic carbocycles. The van der Waals surface area contributed by atoms with Crippen LogP contribution < -0.4 is 5.73 Å². The number of hydrogen-bond donors (Lipinski definition) is 1. The summed E-state index contributed by atoms with van der Waals surface area (Å²) in [5.74, 6) is 0. The summed E-state index contributed by atoms with van der Waals surface area (Å²) in [5.41, 5.74) is 5.90. The van der Waals surface area contributed by atoms with Crippen LogP contribution in [0.25, 0.3) is 0 Å². The fourth-order valence-electron chi connectivity index (χ4n) is 1.05. The molecule has 0 amide bonds. The van der Waals surface area contributed by atoms with Crippen LogP contribution in [0.15, 0.2) is 6.33 Å². The van der Waals surface area contributed by atoms with Crippen LogP contribution in [0.2, 0.25) is 0 Å². The van der Waals surface area contributed by atoms with Crippen LogP contribution in [0, 0.1) is 0 Å². The fraction of sp³-hybridized carbons (Fsp3) is 0.857. The highest BCUT2D eigenvalue weighted by Gasteiger charge is 2.21. The van der Waals surface area contributed by atoms with Gasteiger partial charge in [-0.3, -0.25) is 0 Å². The minimum Gasteiger partial charge on any atom is -0.324 e. The Morgan fingerprint density at radius 1 is 1.42 bits per heavy atom. The van der Waals surface area contributed by atoms with Gasteiger partial charge in [0.25, 0.3) is 0 Å². The lowest BCUT2D eigenvalue weighted by Crippen LogP contribution is -2.42. The topological polar surface area (TPSA) is 69.6 Å². The molecule has 0 aliphatic rings. The molecule has 12 heavy (non-hydrogen) atoms. The Kier molecular flexibility index (Phi) is 2.75. The van der Waals surface area contributed by atoms with Crippen LogP contribution in [0.5, 0.6) is 0 Å². The standard InChI is InChI=1S/C7H15N5/c1-3-7(8,4-2)5-12-6-9-10-11-12/h6H,3-5,8H2,1-2H3. The van der Waals surface area contributed by atoms with Gasteiger partial charge in [-0.25, -0.2) is 4.68 Å². The molecule has 0 unspecified atom stereocenters. The summed E-state index contributed by atoms with van der Waals surface area (Å²) < 4.78 is 1.67. The Morgan fingerprint density at radius 3 is 2.50 bits per heavy atom. The van der Waals surface area contributed by atoms with E-state index in [0.717, 1.165) is 12.8 Å². The molecule has 0 bridgehead atoms. The number of hydrogen-bond acceptors (Lipinski definition) is 4. The van der Waals surface area contributed by atoms with Crippen LogP contribution in [0.4, 0.5) is 0 Å². The average Bonchev–Trinajstić information content (AvgIpc) is 2.57. The van der Waals surface area contributed by atoms with Gasteiger partial charge in [-0.05, 0) is 23.3 Å². The molecule has 0 saturated heterocycles. The first kappa shape index (κ1) is 9.12. The quantitative estimate of drug-likeness (QED) is 0.698. The molecular weight excluding hydrogens is 154 g/mol.